The fourth-order valence-corrected chi connectivity index (χ4v) is 1.45. The van der Waals surface area contributed by atoms with Crippen LogP contribution in [0.4, 0.5) is 0 Å². The van der Waals surface area contributed by atoms with E-state index in [4.69, 9.17) is 5.26 Å². The van der Waals surface area contributed by atoms with E-state index in [9.17, 15) is 4.79 Å². The van der Waals surface area contributed by atoms with Gasteiger partial charge in [-0.15, -0.1) is 0 Å². The summed E-state index contributed by atoms with van der Waals surface area (Å²) < 4.78 is 0. The van der Waals surface area contributed by atoms with Crippen LogP contribution in [-0.2, 0) is 0 Å². The molecule has 76 valence electrons. The monoisotopic (exact) mass is 208 g/mol. The maximum atomic E-state index is 10.6. The summed E-state index contributed by atoms with van der Waals surface area (Å²) in [5.41, 5.74) is 2.84. The van der Waals surface area contributed by atoms with Crippen molar-refractivity contribution in [2.45, 2.75) is 0 Å². The summed E-state index contributed by atoms with van der Waals surface area (Å²) in [7, 11) is 0. The van der Waals surface area contributed by atoms with Crippen molar-refractivity contribution in [1.82, 2.24) is 4.98 Å². The van der Waals surface area contributed by atoms with Crippen LogP contribution in [0.1, 0.15) is 15.9 Å². The zero-order valence-electron chi connectivity index (χ0n) is 8.42. The molecule has 0 aliphatic carbocycles. The Balaban J connectivity index is 2.50. The van der Waals surface area contributed by atoms with E-state index in [-0.39, 0.29) is 0 Å². The van der Waals surface area contributed by atoms with Crippen LogP contribution < -0.4 is 0 Å². The Morgan fingerprint density at radius 1 is 1.19 bits per heavy atom. The van der Waals surface area contributed by atoms with Crippen LogP contribution in [0.2, 0.25) is 0 Å². The predicted molar refractivity (Wildman–Crippen MR) is 59.8 cm³/mol. The molecule has 16 heavy (non-hydrogen) atoms. The lowest BCUT2D eigenvalue weighted by Gasteiger charge is -2.01. The lowest BCUT2D eigenvalue weighted by Crippen LogP contribution is -1.86. The molecular weight excluding hydrogens is 200 g/mol. The first kappa shape index (κ1) is 10.1. The molecule has 0 atom stereocenters. The predicted octanol–water partition coefficient (Wildman–Crippen LogP) is 2.43. The highest BCUT2D eigenvalue weighted by molar-refractivity contribution is 5.78. The second-order valence-electron chi connectivity index (χ2n) is 3.32. The average molecular weight is 208 g/mol. The molecule has 0 N–H and O–H groups in total. The molecule has 2 aromatic rings. The van der Waals surface area contributed by atoms with Crippen LogP contribution in [0.3, 0.4) is 0 Å². The van der Waals surface area contributed by atoms with Crippen molar-refractivity contribution in [3.63, 3.8) is 0 Å². The van der Waals surface area contributed by atoms with E-state index < -0.39 is 0 Å². The Labute approximate surface area is 93.0 Å². The standard InChI is InChI=1S/C13H8N2O/c14-6-10-2-1-3-12(4-10)13-5-11(9-16)7-15-8-13/h1-5,7-9H. The number of aldehydes is 1. The van der Waals surface area contributed by atoms with Gasteiger partial charge in [0.25, 0.3) is 0 Å². The number of carbonyl (C=O) groups excluding carboxylic acids is 1. The van der Waals surface area contributed by atoms with Gasteiger partial charge in [0.2, 0.25) is 0 Å². The van der Waals surface area contributed by atoms with Crippen molar-refractivity contribution in [1.29, 1.82) is 5.26 Å². The zero-order chi connectivity index (χ0) is 11.4. The number of pyridine rings is 1. The molecule has 1 aromatic carbocycles. The van der Waals surface area contributed by atoms with Crippen LogP contribution in [0.25, 0.3) is 11.1 Å². The number of hydrogen-bond donors (Lipinski definition) is 0. The lowest BCUT2D eigenvalue weighted by atomic mass is 10.0. The molecule has 0 bridgehead atoms. The van der Waals surface area contributed by atoms with Gasteiger partial charge >= 0.3 is 0 Å². The molecule has 0 aliphatic rings. The van der Waals surface area contributed by atoms with E-state index in [1.54, 1.807) is 24.4 Å². The maximum Gasteiger partial charge on any atom is 0.151 e. The minimum atomic E-state index is 0.528. The van der Waals surface area contributed by atoms with E-state index >= 15 is 0 Å². The largest absolute Gasteiger partial charge is 0.298 e. The Morgan fingerprint density at radius 2 is 2.06 bits per heavy atom. The van der Waals surface area contributed by atoms with E-state index in [0.717, 1.165) is 17.4 Å². The maximum absolute atomic E-state index is 10.6. The lowest BCUT2D eigenvalue weighted by molar-refractivity contribution is 0.112. The quantitative estimate of drug-likeness (QED) is 0.712. The van der Waals surface area contributed by atoms with Crippen LogP contribution in [0.5, 0.6) is 0 Å². The van der Waals surface area contributed by atoms with E-state index in [1.165, 1.54) is 6.20 Å². The fourth-order valence-electron chi connectivity index (χ4n) is 1.45. The second kappa shape index (κ2) is 4.37. The molecule has 0 saturated carbocycles. The van der Waals surface area contributed by atoms with Gasteiger partial charge in [-0.1, -0.05) is 12.1 Å². The molecule has 3 nitrogen and oxygen atoms in total. The molecule has 0 spiro atoms. The number of hydrogen-bond acceptors (Lipinski definition) is 3. The van der Waals surface area contributed by atoms with Gasteiger partial charge in [-0.2, -0.15) is 5.26 Å². The van der Waals surface area contributed by atoms with Crippen molar-refractivity contribution in [3.05, 3.63) is 53.9 Å². The normalized spacial score (nSPS) is 9.44. The summed E-state index contributed by atoms with van der Waals surface area (Å²) in [6.07, 6.45) is 3.93. The number of nitrogens with zero attached hydrogens (tertiary/aromatic N) is 2. The summed E-state index contributed by atoms with van der Waals surface area (Å²) in [5, 5.41) is 8.79. The molecule has 0 aliphatic heterocycles. The van der Waals surface area contributed by atoms with Gasteiger partial charge in [0, 0.05) is 23.5 Å². The first-order chi connectivity index (χ1) is 7.83. The third-order valence-electron chi connectivity index (χ3n) is 2.22. The van der Waals surface area contributed by atoms with Gasteiger partial charge in [-0.05, 0) is 23.8 Å². The van der Waals surface area contributed by atoms with Crippen LogP contribution >= 0.6 is 0 Å². The summed E-state index contributed by atoms with van der Waals surface area (Å²) >= 11 is 0. The first-order valence-corrected chi connectivity index (χ1v) is 4.74. The number of benzene rings is 1. The highest BCUT2D eigenvalue weighted by Crippen LogP contribution is 2.19. The molecule has 0 saturated heterocycles. The highest BCUT2D eigenvalue weighted by atomic mass is 16.1. The Bertz CT molecular complexity index is 570. The molecule has 0 amide bonds. The molecular formula is C13H8N2O. The molecule has 2 rings (SSSR count). The second-order valence-corrected chi connectivity index (χ2v) is 3.32. The van der Waals surface area contributed by atoms with Gasteiger partial charge < -0.3 is 0 Å². The first-order valence-electron chi connectivity index (χ1n) is 4.74. The smallest absolute Gasteiger partial charge is 0.151 e. The third kappa shape index (κ3) is 1.96. The molecule has 0 radical (unpaired) electrons. The van der Waals surface area contributed by atoms with Crippen molar-refractivity contribution in [2.24, 2.45) is 0 Å². The SMILES string of the molecule is N#Cc1cccc(-c2cncc(C=O)c2)c1. The summed E-state index contributed by atoms with van der Waals surface area (Å²) in [6, 6.07) is 11.0. The minimum absolute atomic E-state index is 0.528. The molecule has 1 aromatic heterocycles. The zero-order valence-corrected chi connectivity index (χ0v) is 8.42. The van der Waals surface area contributed by atoms with Crippen LogP contribution in [0, 0.1) is 11.3 Å². The summed E-state index contributed by atoms with van der Waals surface area (Å²) in [5.74, 6) is 0. The number of carbonyl (C=O) groups is 1. The summed E-state index contributed by atoms with van der Waals surface area (Å²) in [4.78, 5) is 14.6. The van der Waals surface area contributed by atoms with Gasteiger partial charge in [-0.25, -0.2) is 0 Å². The van der Waals surface area contributed by atoms with Gasteiger partial charge in [-0.3, -0.25) is 9.78 Å². The van der Waals surface area contributed by atoms with Crippen molar-refractivity contribution in [3.8, 4) is 17.2 Å². The number of rotatable bonds is 2. The van der Waals surface area contributed by atoms with Crippen molar-refractivity contribution >= 4 is 6.29 Å². The molecule has 0 unspecified atom stereocenters. The summed E-state index contributed by atoms with van der Waals surface area (Å²) in [6.45, 7) is 0. The topological polar surface area (TPSA) is 53.8 Å². The number of nitriles is 1. The molecule has 0 fully saturated rings. The Kier molecular flexibility index (Phi) is 2.75. The Morgan fingerprint density at radius 3 is 2.81 bits per heavy atom. The van der Waals surface area contributed by atoms with Crippen LogP contribution in [-0.4, -0.2) is 11.3 Å². The van der Waals surface area contributed by atoms with Gasteiger partial charge in [0.05, 0.1) is 11.6 Å². The van der Waals surface area contributed by atoms with E-state index in [2.05, 4.69) is 11.1 Å². The average Bonchev–Trinajstić information content (AvgIpc) is 2.39. The van der Waals surface area contributed by atoms with Crippen molar-refractivity contribution < 1.29 is 4.79 Å². The fraction of sp³-hybridized carbons (Fsp3) is 0. The highest BCUT2D eigenvalue weighted by Gasteiger charge is 2.00. The van der Waals surface area contributed by atoms with E-state index in [1.807, 2.05) is 12.1 Å². The Hall–Kier alpha value is -2.47. The van der Waals surface area contributed by atoms with E-state index in [0.29, 0.717) is 11.1 Å². The van der Waals surface area contributed by atoms with Gasteiger partial charge in [0.1, 0.15) is 0 Å². The van der Waals surface area contributed by atoms with Gasteiger partial charge in [0.15, 0.2) is 6.29 Å². The minimum Gasteiger partial charge on any atom is -0.298 e. The molecule has 1 heterocycles. The molecule has 3 heteroatoms. The number of aromatic nitrogens is 1. The third-order valence-corrected chi connectivity index (χ3v) is 2.22. The van der Waals surface area contributed by atoms with Crippen LogP contribution in [0.15, 0.2) is 42.7 Å². The van der Waals surface area contributed by atoms with Crippen molar-refractivity contribution in [2.75, 3.05) is 0 Å².